The van der Waals surface area contributed by atoms with Gasteiger partial charge in [-0.05, 0) is 25.7 Å². The van der Waals surface area contributed by atoms with E-state index in [1.54, 1.807) is 0 Å². The summed E-state index contributed by atoms with van der Waals surface area (Å²) in [6, 6.07) is 0. The van der Waals surface area contributed by atoms with Gasteiger partial charge in [0.1, 0.15) is 6.10 Å². The Hall–Kier alpha value is -1.34. The highest BCUT2D eigenvalue weighted by Gasteiger charge is 2.68. The van der Waals surface area contributed by atoms with E-state index in [-0.39, 0.29) is 0 Å². The van der Waals surface area contributed by atoms with Crippen LogP contribution in [-0.4, -0.2) is 35.0 Å². The first-order valence-electron chi connectivity index (χ1n) is 5.39. The van der Waals surface area contributed by atoms with Crippen LogP contribution in [0.25, 0.3) is 0 Å². The first-order chi connectivity index (χ1) is 8.19. The lowest BCUT2D eigenvalue weighted by atomic mass is 9.98. The van der Waals surface area contributed by atoms with Gasteiger partial charge in [-0.1, -0.05) is 6.42 Å². The van der Waals surface area contributed by atoms with Crippen LogP contribution in [0.3, 0.4) is 0 Å². The van der Waals surface area contributed by atoms with Crippen LogP contribution in [0.5, 0.6) is 0 Å². The topological polar surface area (TPSA) is 63.6 Å². The normalized spacial score (nSPS) is 18.4. The van der Waals surface area contributed by atoms with Gasteiger partial charge in [-0.25, -0.2) is 9.59 Å². The lowest BCUT2D eigenvalue weighted by molar-refractivity contribution is -0.237. The van der Waals surface area contributed by atoms with Crippen LogP contribution >= 0.6 is 0 Å². The Morgan fingerprint density at radius 1 is 1.00 bits per heavy atom. The minimum atomic E-state index is -5.47. The van der Waals surface area contributed by atoms with Crippen molar-refractivity contribution in [2.24, 2.45) is 0 Å². The molecule has 0 unspecified atom stereocenters. The number of aliphatic carboxylic acids is 1. The fourth-order valence-corrected chi connectivity index (χ4v) is 1.67. The van der Waals surface area contributed by atoms with Gasteiger partial charge in [0, 0.05) is 0 Å². The molecule has 1 aliphatic carbocycles. The third kappa shape index (κ3) is 2.73. The van der Waals surface area contributed by atoms with E-state index in [2.05, 4.69) is 4.74 Å². The molecule has 104 valence electrons. The summed E-state index contributed by atoms with van der Waals surface area (Å²) in [5.41, 5.74) is 0. The second-order valence-electron chi connectivity index (χ2n) is 4.12. The molecule has 0 heterocycles. The van der Waals surface area contributed by atoms with Crippen molar-refractivity contribution in [1.82, 2.24) is 0 Å². The Morgan fingerprint density at radius 3 is 1.94 bits per heavy atom. The molecule has 0 spiro atoms. The van der Waals surface area contributed by atoms with Gasteiger partial charge in [-0.3, -0.25) is 0 Å². The van der Waals surface area contributed by atoms with E-state index in [1.807, 2.05) is 0 Å². The largest absolute Gasteiger partial charge is 0.477 e. The molecular weight excluding hydrogens is 260 g/mol. The number of carboxylic acids is 1. The molecule has 1 saturated carbocycles. The molecule has 4 nitrogen and oxygen atoms in total. The van der Waals surface area contributed by atoms with Gasteiger partial charge in [0.15, 0.2) is 0 Å². The first-order valence-corrected chi connectivity index (χ1v) is 5.39. The average molecular weight is 272 g/mol. The average Bonchev–Trinajstić information content (AvgIpc) is 2.29. The predicted molar refractivity (Wildman–Crippen MR) is 50.5 cm³/mol. The zero-order valence-corrected chi connectivity index (χ0v) is 9.30. The van der Waals surface area contributed by atoms with E-state index in [1.165, 1.54) is 0 Å². The number of esters is 1. The van der Waals surface area contributed by atoms with Crippen molar-refractivity contribution in [3.63, 3.8) is 0 Å². The van der Waals surface area contributed by atoms with E-state index >= 15 is 0 Å². The molecule has 0 saturated heterocycles. The minimum absolute atomic E-state index is 0.320. The maximum Gasteiger partial charge on any atom is 0.415 e. The SMILES string of the molecule is O=C(O)C(F)(F)C(F)(F)C(=O)OC1CCCCC1. The lowest BCUT2D eigenvalue weighted by Gasteiger charge is -2.26. The minimum Gasteiger partial charge on any atom is -0.477 e. The van der Waals surface area contributed by atoms with Crippen LogP contribution in [0, 0.1) is 0 Å². The van der Waals surface area contributed by atoms with Crippen molar-refractivity contribution in [2.75, 3.05) is 0 Å². The van der Waals surface area contributed by atoms with Gasteiger partial charge in [-0.2, -0.15) is 17.6 Å². The number of rotatable bonds is 4. The summed E-state index contributed by atoms with van der Waals surface area (Å²) in [6.07, 6.45) is 1.95. The van der Waals surface area contributed by atoms with Crippen molar-refractivity contribution < 1.29 is 37.0 Å². The van der Waals surface area contributed by atoms with Crippen molar-refractivity contribution in [3.05, 3.63) is 0 Å². The molecular formula is C10H12F4O4. The molecule has 0 aliphatic heterocycles. The smallest absolute Gasteiger partial charge is 0.415 e. The molecule has 0 radical (unpaired) electrons. The summed E-state index contributed by atoms with van der Waals surface area (Å²) in [5, 5.41) is 7.99. The van der Waals surface area contributed by atoms with Crippen LogP contribution in [-0.2, 0) is 14.3 Å². The van der Waals surface area contributed by atoms with Crippen molar-refractivity contribution in [2.45, 2.75) is 50.1 Å². The Kier molecular flexibility index (Phi) is 4.18. The van der Waals surface area contributed by atoms with Gasteiger partial charge in [0.25, 0.3) is 0 Å². The first kappa shape index (κ1) is 14.7. The molecule has 0 bridgehead atoms. The molecule has 1 rings (SSSR count). The van der Waals surface area contributed by atoms with Crippen LogP contribution in [0.15, 0.2) is 0 Å². The van der Waals surface area contributed by atoms with Gasteiger partial charge >= 0.3 is 23.8 Å². The summed E-state index contributed by atoms with van der Waals surface area (Å²) >= 11 is 0. The van der Waals surface area contributed by atoms with Gasteiger partial charge in [0.2, 0.25) is 0 Å². The Balaban J connectivity index is 2.72. The van der Waals surface area contributed by atoms with E-state index in [0.29, 0.717) is 25.7 Å². The van der Waals surface area contributed by atoms with Crippen LogP contribution in [0.4, 0.5) is 17.6 Å². The Bertz CT molecular complexity index is 337. The molecule has 0 aromatic carbocycles. The van der Waals surface area contributed by atoms with Gasteiger partial charge in [-0.15, -0.1) is 0 Å². The zero-order chi connectivity index (χ0) is 14.0. The second kappa shape index (κ2) is 5.11. The maximum absolute atomic E-state index is 13.0. The van der Waals surface area contributed by atoms with Crippen LogP contribution < -0.4 is 0 Å². The van der Waals surface area contributed by atoms with E-state index < -0.39 is 29.9 Å². The highest BCUT2D eigenvalue weighted by Crippen LogP contribution is 2.36. The number of alkyl halides is 4. The fourth-order valence-electron chi connectivity index (χ4n) is 1.67. The number of hydrogen-bond donors (Lipinski definition) is 1. The van der Waals surface area contributed by atoms with Gasteiger partial charge < -0.3 is 9.84 Å². The lowest BCUT2D eigenvalue weighted by Crippen LogP contribution is -2.53. The van der Waals surface area contributed by atoms with Gasteiger partial charge in [0.05, 0.1) is 0 Å². The highest BCUT2D eigenvalue weighted by molar-refractivity contribution is 5.89. The van der Waals surface area contributed by atoms with E-state index in [4.69, 9.17) is 5.11 Å². The molecule has 0 atom stereocenters. The third-order valence-electron chi connectivity index (χ3n) is 2.75. The molecule has 1 aliphatic rings. The predicted octanol–water partition coefficient (Wildman–Crippen LogP) is 2.22. The number of hydrogen-bond acceptors (Lipinski definition) is 3. The fraction of sp³-hybridized carbons (Fsp3) is 0.800. The Morgan fingerprint density at radius 2 is 1.50 bits per heavy atom. The van der Waals surface area contributed by atoms with Crippen molar-refractivity contribution >= 4 is 11.9 Å². The number of ether oxygens (including phenoxy) is 1. The number of carbonyl (C=O) groups is 2. The summed E-state index contributed by atoms with van der Waals surface area (Å²) in [6.45, 7) is 0. The van der Waals surface area contributed by atoms with Crippen molar-refractivity contribution in [1.29, 1.82) is 0 Å². The quantitative estimate of drug-likeness (QED) is 0.629. The number of carbonyl (C=O) groups excluding carboxylic acids is 1. The number of carboxylic acid groups (broad SMARTS) is 1. The molecule has 8 heteroatoms. The molecule has 0 aromatic rings. The second-order valence-corrected chi connectivity index (χ2v) is 4.12. The van der Waals surface area contributed by atoms with Crippen molar-refractivity contribution in [3.8, 4) is 0 Å². The Labute approximate surface area is 99.9 Å². The van der Waals surface area contributed by atoms with E-state index in [9.17, 15) is 27.2 Å². The molecule has 1 N–H and O–H groups in total. The summed E-state index contributed by atoms with van der Waals surface area (Å²) < 4.78 is 55.6. The van der Waals surface area contributed by atoms with Crippen LogP contribution in [0.2, 0.25) is 0 Å². The third-order valence-corrected chi connectivity index (χ3v) is 2.75. The zero-order valence-electron chi connectivity index (χ0n) is 9.30. The molecule has 0 amide bonds. The molecule has 1 fully saturated rings. The van der Waals surface area contributed by atoms with Crippen LogP contribution in [0.1, 0.15) is 32.1 Å². The summed E-state index contributed by atoms with van der Waals surface area (Å²) in [5.74, 6) is -16.4. The highest BCUT2D eigenvalue weighted by atomic mass is 19.3. The molecule has 0 aromatic heterocycles. The monoisotopic (exact) mass is 272 g/mol. The molecule has 18 heavy (non-hydrogen) atoms. The van der Waals surface area contributed by atoms with E-state index in [0.717, 1.165) is 6.42 Å². The summed E-state index contributed by atoms with van der Waals surface area (Å²) in [4.78, 5) is 21.0. The summed E-state index contributed by atoms with van der Waals surface area (Å²) in [7, 11) is 0. The number of halogens is 4. The maximum atomic E-state index is 13.0. The standard InChI is InChI=1S/C10H12F4O4/c11-9(12,7(15)16)10(13,14)8(17)18-6-4-2-1-3-5-6/h6H,1-5H2,(H,15,16).